The number of aromatic nitrogens is 1. The highest BCUT2D eigenvalue weighted by atomic mass is 16.5. The number of aliphatic hydroxyl groups excluding tert-OH is 1. The first-order chi connectivity index (χ1) is 17.3. The summed E-state index contributed by atoms with van der Waals surface area (Å²) < 4.78 is 5.71. The zero-order valence-corrected chi connectivity index (χ0v) is 21.2. The van der Waals surface area contributed by atoms with Gasteiger partial charge in [-0.15, -0.1) is 0 Å². The van der Waals surface area contributed by atoms with Gasteiger partial charge in [-0.3, -0.25) is 14.6 Å². The number of carbonyl (C=O) groups excluding carboxylic acids is 2. The van der Waals surface area contributed by atoms with Crippen molar-refractivity contribution in [1.29, 1.82) is 0 Å². The number of aryl methyl sites for hydroxylation is 1. The van der Waals surface area contributed by atoms with Crippen LogP contribution in [0.5, 0.6) is 5.75 Å². The Hall–Kier alpha value is -3.93. The lowest BCUT2D eigenvalue weighted by atomic mass is 9.92. The highest BCUT2D eigenvalue weighted by molar-refractivity contribution is 6.46. The molecule has 2 aromatic carbocycles. The summed E-state index contributed by atoms with van der Waals surface area (Å²) in [4.78, 5) is 32.3. The van der Waals surface area contributed by atoms with Crippen molar-refractivity contribution in [2.24, 2.45) is 0 Å². The topological polar surface area (TPSA) is 79.7 Å². The Morgan fingerprint density at radius 3 is 2.47 bits per heavy atom. The summed E-state index contributed by atoms with van der Waals surface area (Å²) in [6.07, 6.45) is 4.23. The van der Waals surface area contributed by atoms with Crippen molar-refractivity contribution >= 4 is 17.4 Å². The lowest BCUT2D eigenvalue weighted by Gasteiger charge is -2.26. The first-order valence-corrected chi connectivity index (χ1v) is 12.3. The number of rotatable bonds is 8. The normalized spacial score (nSPS) is 17.1. The van der Waals surface area contributed by atoms with Gasteiger partial charge in [-0.05, 0) is 65.8 Å². The zero-order valence-electron chi connectivity index (χ0n) is 21.2. The second-order valence-corrected chi connectivity index (χ2v) is 9.43. The minimum atomic E-state index is -0.721. The Bertz CT molecular complexity index is 1280. The highest BCUT2D eigenvalue weighted by Gasteiger charge is 2.46. The van der Waals surface area contributed by atoms with Crippen LogP contribution in [-0.2, 0) is 16.1 Å². The van der Waals surface area contributed by atoms with Gasteiger partial charge in [0.25, 0.3) is 11.7 Å². The van der Waals surface area contributed by atoms with Crippen molar-refractivity contribution in [2.45, 2.75) is 52.6 Å². The van der Waals surface area contributed by atoms with Crippen LogP contribution in [0, 0.1) is 6.92 Å². The lowest BCUT2D eigenvalue weighted by Crippen LogP contribution is -2.29. The molecule has 0 aliphatic carbocycles. The molecule has 1 aromatic heterocycles. The number of hydrogen-bond donors (Lipinski definition) is 1. The fraction of sp³-hybridized carbons (Fsp3) is 0.300. The Labute approximate surface area is 212 Å². The molecule has 1 aliphatic rings. The van der Waals surface area contributed by atoms with Gasteiger partial charge in [-0.25, -0.2) is 0 Å². The number of ether oxygens (including phenoxy) is 1. The number of benzene rings is 2. The van der Waals surface area contributed by atoms with Gasteiger partial charge >= 0.3 is 0 Å². The molecule has 1 saturated heterocycles. The molecule has 186 valence electrons. The Kier molecular flexibility index (Phi) is 7.53. The average molecular weight is 485 g/mol. The highest BCUT2D eigenvalue weighted by Crippen LogP contribution is 2.41. The quantitative estimate of drug-likeness (QED) is 0.244. The molecule has 6 nitrogen and oxygen atoms in total. The minimum absolute atomic E-state index is 0.0894. The van der Waals surface area contributed by atoms with E-state index in [1.54, 1.807) is 30.6 Å². The standard InChI is InChI=1S/C30H32N2O4/c1-5-15-36-24-12-13-25(20(4)16-24)28(33)26-27(23-10-8-22(9-11-23)19(2)3)32(30(35)29(26)34)18-21-7-6-14-31-17-21/h6-14,16-17,19,27,33H,5,15,18H2,1-4H3/b28-26-. The summed E-state index contributed by atoms with van der Waals surface area (Å²) in [5.74, 6) is -0.473. The molecule has 1 fully saturated rings. The van der Waals surface area contributed by atoms with E-state index < -0.39 is 17.7 Å². The molecule has 0 bridgehead atoms. The number of carbonyl (C=O) groups is 2. The third kappa shape index (κ3) is 5.03. The van der Waals surface area contributed by atoms with Crippen molar-refractivity contribution in [2.75, 3.05) is 6.61 Å². The molecule has 36 heavy (non-hydrogen) atoms. The maximum Gasteiger partial charge on any atom is 0.295 e. The van der Waals surface area contributed by atoms with Crippen LogP contribution in [0.1, 0.15) is 67.0 Å². The summed E-state index contributed by atoms with van der Waals surface area (Å²) >= 11 is 0. The summed E-state index contributed by atoms with van der Waals surface area (Å²) in [5.41, 5.74) is 4.07. The van der Waals surface area contributed by atoms with Crippen molar-refractivity contribution in [3.05, 3.63) is 100 Å². The van der Waals surface area contributed by atoms with Crippen LogP contribution >= 0.6 is 0 Å². The second-order valence-electron chi connectivity index (χ2n) is 9.43. The van der Waals surface area contributed by atoms with Crippen LogP contribution in [-0.4, -0.2) is 33.3 Å². The van der Waals surface area contributed by atoms with Crippen LogP contribution in [0.2, 0.25) is 0 Å². The summed E-state index contributed by atoms with van der Waals surface area (Å²) in [7, 11) is 0. The summed E-state index contributed by atoms with van der Waals surface area (Å²) in [5, 5.41) is 11.4. The van der Waals surface area contributed by atoms with Gasteiger partial charge < -0.3 is 14.7 Å². The molecule has 2 heterocycles. The van der Waals surface area contributed by atoms with E-state index in [1.165, 1.54) is 4.90 Å². The van der Waals surface area contributed by atoms with Gasteiger partial charge in [0.2, 0.25) is 0 Å². The number of pyridine rings is 1. The third-order valence-electron chi connectivity index (χ3n) is 6.46. The number of Topliss-reactive ketones (excluding diaryl/α,β-unsaturated/α-hetero) is 1. The molecule has 3 aromatic rings. The van der Waals surface area contributed by atoms with Crippen LogP contribution in [0.3, 0.4) is 0 Å². The molecule has 6 heteroatoms. The van der Waals surface area contributed by atoms with E-state index in [1.807, 2.05) is 50.2 Å². The van der Waals surface area contributed by atoms with Gasteiger partial charge in [0.1, 0.15) is 11.5 Å². The van der Waals surface area contributed by atoms with E-state index in [2.05, 4.69) is 18.8 Å². The number of hydrogen-bond acceptors (Lipinski definition) is 5. The number of nitrogens with zero attached hydrogens (tertiary/aromatic N) is 2. The zero-order chi connectivity index (χ0) is 25.8. The summed E-state index contributed by atoms with van der Waals surface area (Å²) in [6.45, 7) is 8.91. The van der Waals surface area contributed by atoms with E-state index in [0.29, 0.717) is 23.8 Å². The van der Waals surface area contributed by atoms with Gasteiger partial charge in [0.05, 0.1) is 18.2 Å². The van der Waals surface area contributed by atoms with Crippen LogP contribution in [0.4, 0.5) is 0 Å². The number of ketones is 1. The predicted molar refractivity (Wildman–Crippen MR) is 140 cm³/mol. The van der Waals surface area contributed by atoms with E-state index in [4.69, 9.17) is 4.74 Å². The lowest BCUT2D eigenvalue weighted by molar-refractivity contribution is -0.140. The van der Waals surface area contributed by atoms with E-state index in [9.17, 15) is 14.7 Å². The van der Waals surface area contributed by atoms with Crippen molar-refractivity contribution < 1.29 is 19.4 Å². The van der Waals surface area contributed by atoms with Crippen LogP contribution in [0.25, 0.3) is 5.76 Å². The Morgan fingerprint density at radius 2 is 1.86 bits per heavy atom. The molecule has 0 spiro atoms. The fourth-order valence-corrected chi connectivity index (χ4v) is 4.50. The van der Waals surface area contributed by atoms with Crippen molar-refractivity contribution in [3.8, 4) is 5.75 Å². The van der Waals surface area contributed by atoms with Crippen molar-refractivity contribution in [3.63, 3.8) is 0 Å². The van der Waals surface area contributed by atoms with Crippen LogP contribution in [0.15, 0.2) is 72.6 Å². The molecular weight excluding hydrogens is 452 g/mol. The molecule has 1 N–H and O–H groups in total. The third-order valence-corrected chi connectivity index (χ3v) is 6.46. The number of likely N-dealkylation sites (tertiary alicyclic amines) is 1. The monoisotopic (exact) mass is 484 g/mol. The van der Waals surface area contributed by atoms with E-state index in [-0.39, 0.29) is 17.9 Å². The molecule has 1 unspecified atom stereocenters. The predicted octanol–water partition coefficient (Wildman–Crippen LogP) is 5.92. The van der Waals surface area contributed by atoms with Gasteiger partial charge in [-0.1, -0.05) is 51.1 Å². The maximum absolute atomic E-state index is 13.3. The Balaban J connectivity index is 1.82. The number of amides is 1. The minimum Gasteiger partial charge on any atom is -0.507 e. The molecule has 0 saturated carbocycles. The van der Waals surface area contributed by atoms with Gasteiger partial charge in [-0.2, -0.15) is 0 Å². The van der Waals surface area contributed by atoms with E-state index in [0.717, 1.165) is 28.7 Å². The largest absolute Gasteiger partial charge is 0.507 e. The van der Waals surface area contributed by atoms with Crippen molar-refractivity contribution in [1.82, 2.24) is 9.88 Å². The molecule has 1 atom stereocenters. The van der Waals surface area contributed by atoms with E-state index >= 15 is 0 Å². The maximum atomic E-state index is 13.3. The second kappa shape index (κ2) is 10.8. The van der Waals surface area contributed by atoms with Gasteiger partial charge in [0, 0.05) is 24.5 Å². The fourth-order valence-electron chi connectivity index (χ4n) is 4.50. The molecule has 4 rings (SSSR count). The molecular formula is C30H32N2O4. The SMILES string of the molecule is CCCOc1ccc(/C(O)=C2/C(=O)C(=O)N(Cc3cccnc3)C2c2ccc(C(C)C)cc2)c(C)c1. The molecule has 0 radical (unpaired) electrons. The molecule has 1 amide bonds. The Morgan fingerprint density at radius 1 is 1.11 bits per heavy atom. The number of aliphatic hydroxyl groups is 1. The first kappa shape index (κ1) is 25.2. The van der Waals surface area contributed by atoms with Gasteiger partial charge in [0.15, 0.2) is 0 Å². The smallest absolute Gasteiger partial charge is 0.295 e. The average Bonchev–Trinajstić information content (AvgIpc) is 3.12. The summed E-state index contributed by atoms with van der Waals surface area (Å²) in [6, 6.07) is 16.2. The van der Waals surface area contributed by atoms with Crippen LogP contribution < -0.4 is 4.74 Å². The first-order valence-electron chi connectivity index (χ1n) is 12.3. The molecule has 1 aliphatic heterocycles.